The lowest BCUT2D eigenvalue weighted by molar-refractivity contribution is -0.444. The number of benzene rings is 1. The van der Waals surface area contributed by atoms with Crippen molar-refractivity contribution >= 4 is 17.4 Å². The molecule has 1 N–H and O–H groups in total. The molecule has 10 heteroatoms. The van der Waals surface area contributed by atoms with E-state index in [1.165, 1.54) is 19.1 Å². The summed E-state index contributed by atoms with van der Waals surface area (Å²) in [7, 11) is 0. The second-order valence-corrected chi connectivity index (χ2v) is 12.7. The first-order valence-electron chi connectivity index (χ1n) is 13.4. The van der Waals surface area contributed by atoms with Crippen LogP contribution in [0.1, 0.15) is 72.7 Å². The van der Waals surface area contributed by atoms with Gasteiger partial charge in [0.1, 0.15) is 5.60 Å². The molecule has 2 heterocycles. The summed E-state index contributed by atoms with van der Waals surface area (Å²) in [6.45, 7) is 14.5. The minimum absolute atomic E-state index is 0.0442. The predicted octanol–water partition coefficient (Wildman–Crippen LogP) is 4.19. The van der Waals surface area contributed by atoms with Crippen LogP contribution in [0, 0.1) is 26.9 Å². The van der Waals surface area contributed by atoms with Crippen LogP contribution in [0.4, 0.5) is 5.69 Å². The molecule has 5 rings (SSSR count). The van der Waals surface area contributed by atoms with E-state index in [4.69, 9.17) is 18.9 Å². The number of nitro groups is 1. The van der Waals surface area contributed by atoms with Crippen molar-refractivity contribution in [2.24, 2.45) is 16.7 Å². The first-order valence-corrected chi connectivity index (χ1v) is 13.4. The smallest absolute Gasteiger partial charge is 0.303 e. The van der Waals surface area contributed by atoms with Crippen molar-refractivity contribution in [3.8, 4) is 0 Å². The van der Waals surface area contributed by atoms with Crippen molar-refractivity contribution in [1.82, 2.24) is 0 Å². The van der Waals surface area contributed by atoms with Crippen LogP contribution in [-0.2, 0) is 28.5 Å². The van der Waals surface area contributed by atoms with Crippen LogP contribution in [0.2, 0.25) is 0 Å². The van der Waals surface area contributed by atoms with Crippen molar-refractivity contribution in [2.45, 2.75) is 102 Å². The zero-order chi connectivity index (χ0) is 28.8. The molecule has 212 valence electrons. The monoisotopic (exact) mass is 543 g/mol. The quantitative estimate of drug-likeness (QED) is 0.257. The highest BCUT2D eigenvalue weighted by Gasteiger charge is 2.84. The van der Waals surface area contributed by atoms with E-state index < -0.39 is 69.0 Å². The number of hydrogen-bond acceptors (Lipinski definition) is 9. The fourth-order valence-corrected chi connectivity index (χ4v) is 8.37. The number of carbonyl (C=O) groups excluding carboxylic acids is 2. The average Bonchev–Trinajstić information content (AvgIpc) is 2.84. The highest BCUT2D eigenvalue weighted by Crippen LogP contribution is 2.71. The molecule has 4 aliphatic rings. The molecule has 1 aromatic carbocycles. The predicted molar refractivity (Wildman–Crippen MR) is 138 cm³/mol. The van der Waals surface area contributed by atoms with Crippen molar-refractivity contribution in [3.05, 3.63) is 52.6 Å². The third-order valence-electron chi connectivity index (χ3n) is 9.88. The molecule has 10 nitrogen and oxygen atoms in total. The molecule has 2 saturated heterocycles. The lowest BCUT2D eigenvalue weighted by atomic mass is 9.39. The summed E-state index contributed by atoms with van der Waals surface area (Å²) in [6, 6.07) is 5.82. The Morgan fingerprint density at radius 2 is 1.85 bits per heavy atom. The van der Waals surface area contributed by atoms with Crippen LogP contribution >= 0.6 is 0 Å². The zero-order valence-electron chi connectivity index (χ0n) is 23.3. The Morgan fingerprint density at radius 3 is 2.41 bits per heavy atom. The Bertz CT molecular complexity index is 1230. The molecule has 0 unspecified atom stereocenters. The molecule has 2 aliphatic carbocycles. The van der Waals surface area contributed by atoms with Gasteiger partial charge in [-0.1, -0.05) is 26.8 Å². The Kier molecular flexibility index (Phi) is 6.20. The van der Waals surface area contributed by atoms with Gasteiger partial charge in [0.05, 0.1) is 22.7 Å². The summed E-state index contributed by atoms with van der Waals surface area (Å²) in [5.41, 5.74) is -5.56. The van der Waals surface area contributed by atoms with Crippen molar-refractivity contribution < 1.29 is 38.6 Å². The van der Waals surface area contributed by atoms with Crippen LogP contribution in [0.5, 0.6) is 0 Å². The number of Topliss-reactive ketones (excluding diaryl/α,β-unsaturated/α-hetero) is 1. The number of nitro benzene ring substituents is 1. The normalized spacial score (nSPS) is 44.5. The number of aliphatic hydroxyl groups is 1. The van der Waals surface area contributed by atoms with Crippen molar-refractivity contribution in [2.75, 3.05) is 0 Å². The van der Waals surface area contributed by atoms with Crippen LogP contribution < -0.4 is 0 Å². The van der Waals surface area contributed by atoms with Gasteiger partial charge in [-0.15, -0.1) is 6.58 Å². The largest absolute Gasteiger partial charge is 0.457 e. The van der Waals surface area contributed by atoms with Gasteiger partial charge in [0, 0.05) is 42.4 Å². The maximum absolute atomic E-state index is 14.7. The fraction of sp³-hybridized carbons (Fsp3) is 0.655. The molecule has 2 saturated carbocycles. The Balaban J connectivity index is 1.76. The number of ketones is 1. The van der Waals surface area contributed by atoms with E-state index in [1.807, 2.05) is 20.8 Å². The lowest BCUT2D eigenvalue weighted by Crippen LogP contribution is -2.88. The number of nitrogens with zero attached hydrogens (tertiary/aromatic N) is 1. The first-order chi connectivity index (χ1) is 18.1. The number of non-ortho nitro benzene ring substituents is 1. The van der Waals surface area contributed by atoms with E-state index in [2.05, 4.69) is 6.58 Å². The maximum atomic E-state index is 14.7. The van der Waals surface area contributed by atoms with Gasteiger partial charge in [0.2, 0.25) is 0 Å². The van der Waals surface area contributed by atoms with E-state index in [1.54, 1.807) is 32.1 Å². The molecule has 0 aromatic heterocycles. The topological polar surface area (TPSA) is 134 Å². The van der Waals surface area contributed by atoms with E-state index >= 15 is 0 Å². The van der Waals surface area contributed by atoms with E-state index in [9.17, 15) is 24.8 Å². The van der Waals surface area contributed by atoms with Gasteiger partial charge in [-0.25, -0.2) is 0 Å². The SMILES string of the molecule is C=C[C@@]1(C)CC(=O)[C@@]23O[C@@H](c4ccc([N+](=O)[O-])cc4)O[C@H]4CCC(C)(C)[C@H]([C@H](O)[C@H](OC(C)=O)[C@@]2(C)O1)[C@]43C. The standard InChI is InChI=1S/C29H37NO9/c1-8-26(5)15-19(32)29-27(6)20(37-24(38-29)17-9-11-18(12-10-17)30(34)35)13-14-25(3,4)22(27)21(33)23(36-16(2)31)28(29,7)39-26/h8-12,20-24,33H,1,13-15H2,2-7H3/t20-,21-,22-,23-,24-,26-,27-,28+,29-/m0/s1. The Labute approximate surface area is 227 Å². The second-order valence-electron chi connectivity index (χ2n) is 12.7. The number of carbonyl (C=O) groups is 2. The summed E-state index contributed by atoms with van der Waals surface area (Å²) in [5.74, 6) is -1.43. The van der Waals surface area contributed by atoms with Gasteiger partial charge in [0.15, 0.2) is 23.8 Å². The molecule has 0 radical (unpaired) electrons. The van der Waals surface area contributed by atoms with Gasteiger partial charge in [-0.2, -0.15) is 0 Å². The minimum atomic E-state index is -1.69. The third-order valence-corrected chi connectivity index (χ3v) is 9.88. The average molecular weight is 544 g/mol. The Morgan fingerprint density at radius 1 is 1.21 bits per heavy atom. The van der Waals surface area contributed by atoms with Crippen LogP contribution in [0.25, 0.3) is 0 Å². The number of esters is 1. The molecule has 39 heavy (non-hydrogen) atoms. The van der Waals surface area contributed by atoms with Crippen LogP contribution in [-0.4, -0.2) is 56.9 Å². The number of ether oxygens (including phenoxy) is 4. The summed E-state index contributed by atoms with van der Waals surface area (Å²) in [6.07, 6.45) is -1.23. The fourth-order valence-electron chi connectivity index (χ4n) is 8.37. The van der Waals surface area contributed by atoms with E-state index in [0.29, 0.717) is 18.4 Å². The molecule has 0 amide bonds. The highest BCUT2D eigenvalue weighted by molar-refractivity contribution is 5.93. The third kappa shape index (κ3) is 3.61. The van der Waals surface area contributed by atoms with Gasteiger partial charge >= 0.3 is 5.97 Å². The van der Waals surface area contributed by atoms with E-state index in [0.717, 1.165) is 0 Å². The minimum Gasteiger partial charge on any atom is -0.457 e. The number of rotatable bonds is 4. The molecule has 1 aromatic rings. The second kappa shape index (κ2) is 8.67. The van der Waals surface area contributed by atoms with Gasteiger partial charge in [-0.3, -0.25) is 19.7 Å². The van der Waals surface area contributed by atoms with Crippen molar-refractivity contribution in [3.63, 3.8) is 0 Å². The molecule has 1 spiro atoms. The lowest BCUT2D eigenvalue weighted by Gasteiger charge is -2.74. The molecule has 9 atom stereocenters. The molecule has 0 bridgehead atoms. The van der Waals surface area contributed by atoms with Gasteiger partial charge < -0.3 is 24.1 Å². The highest BCUT2D eigenvalue weighted by atomic mass is 16.7. The van der Waals surface area contributed by atoms with E-state index in [-0.39, 0.29) is 17.9 Å². The molecule has 4 fully saturated rings. The molecule has 2 aliphatic heterocycles. The molecular formula is C29H37NO9. The number of hydrogen-bond donors (Lipinski definition) is 1. The number of aliphatic hydroxyl groups excluding tert-OH is 1. The maximum Gasteiger partial charge on any atom is 0.303 e. The van der Waals surface area contributed by atoms with Crippen LogP contribution in [0.15, 0.2) is 36.9 Å². The van der Waals surface area contributed by atoms with Crippen molar-refractivity contribution in [1.29, 1.82) is 0 Å². The Hall–Kier alpha value is -2.66. The molecular weight excluding hydrogens is 506 g/mol. The summed E-state index contributed by atoms with van der Waals surface area (Å²) >= 11 is 0. The zero-order valence-corrected chi connectivity index (χ0v) is 23.3. The van der Waals surface area contributed by atoms with Gasteiger partial charge in [0.25, 0.3) is 5.69 Å². The first kappa shape index (κ1) is 27.9. The van der Waals surface area contributed by atoms with Gasteiger partial charge in [-0.05, 0) is 44.2 Å². The summed E-state index contributed by atoms with van der Waals surface area (Å²) in [4.78, 5) is 37.8. The summed E-state index contributed by atoms with van der Waals surface area (Å²) in [5, 5.41) is 23.2. The summed E-state index contributed by atoms with van der Waals surface area (Å²) < 4.78 is 25.9. The van der Waals surface area contributed by atoms with Crippen LogP contribution in [0.3, 0.4) is 0 Å².